The molecule has 0 fully saturated rings. The number of methoxy groups -OCH3 is 1. The van der Waals surface area contributed by atoms with Crippen molar-refractivity contribution in [3.05, 3.63) is 71.5 Å². The standard InChI is InChI=1S/C23H27N3O3/c1-5-29-22-10-6-19(7-11-22)25-23(27)24-15-18-14-16(2)26(17(18)3)20-8-12-21(28-4)13-9-20/h6-14H,5,15H2,1-4H3,(H2,24,25,27). The van der Waals surface area contributed by atoms with E-state index in [1.807, 2.05) is 55.5 Å². The number of aryl methyl sites for hydroxylation is 1. The molecule has 29 heavy (non-hydrogen) atoms. The molecule has 0 saturated carbocycles. The lowest BCUT2D eigenvalue weighted by molar-refractivity contribution is 0.251. The summed E-state index contributed by atoms with van der Waals surface area (Å²) >= 11 is 0. The van der Waals surface area contributed by atoms with Gasteiger partial charge in [0.05, 0.1) is 13.7 Å². The molecule has 0 spiro atoms. The molecule has 0 atom stereocenters. The molecular formula is C23H27N3O3. The highest BCUT2D eigenvalue weighted by molar-refractivity contribution is 5.89. The predicted octanol–water partition coefficient (Wildman–Crippen LogP) is 4.82. The maximum Gasteiger partial charge on any atom is 0.319 e. The first-order chi connectivity index (χ1) is 14.0. The number of urea groups is 1. The Kier molecular flexibility index (Phi) is 6.44. The molecule has 2 aromatic carbocycles. The highest BCUT2D eigenvalue weighted by Crippen LogP contribution is 2.23. The second-order valence-electron chi connectivity index (χ2n) is 6.69. The van der Waals surface area contributed by atoms with Crippen LogP contribution in [0.15, 0.2) is 54.6 Å². The third-order valence-corrected chi connectivity index (χ3v) is 4.73. The first-order valence-electron chi connectivity index (χ1n) is 9.61. The van der Waals surface area contributed by atoms with Gasteiger partial charge < -0.3 is 24.7 Å². The lowest BCUT2D eigenvalue weighted by atomic mass is 10.2. The maximum absolute atomic E-state index is 12.3. The van der Waals surface area contributed by atoms with Gasteiger partial charge in [-0.3, -0.25) is 0 Å². The number of benzene rings is 2. The van der Waals surface area contributed by atoms with Gasteiger partial charge in [0.2, 0.25) is 0 Å². The zero-order chi connectivity index (χ0) is 20.8. The van der Waals surface area contributed by atoms with E-state index < -0.39 is 0 Å². The average molecular weight is 393 g/mol. The van der Waals surface area contributed by atoms with Crippen LogP contribution in [-0.2, 0) is 6.54 Å². The van der Waals surface area contributed by atoms with E-state index in [0.29, 0.717) is 13.2 Å². The van der Waals surface area contributed by atoms with Gasteiger partial charge in [-0.25, -0.2) is 4.79 Å². The summed E-state index contributed by atoms with van der Waals surface area (Å²) in [5.74, 6) is 1.61. The van der Waals surface area contributed by atoms with Crippen molar-refractivity contribution in [1.29, 1.82) is 0 Å². The number of amides is 2. The van der Waals surface area contributed by atoms with Gasteiger partial charge in [0, 0.05) is 29.3 Å². The fourth-order valence-corrected chi connectivity index (χ4v) is 3.29. The third kappa shape index (κ3) is 4.90. The Morgan fingerprint density at radius 1 is 1.00 bits per heavy atom. The van der Waals surface area contributed by atoms with Crippen LogP contribution < -0.4 is 20.1 Å². The van der Waals surface area contributed by atoms with Crippen molar-refractivity contribution in [3.8, 4) is 17.2 Å². The molecule has 0 aliphatic rings. The average Bonchev–Trinajstić information content (AvgIpc) is 3.01. The second kappa shape index (κ2) is 9.19. The number of hydrogen-bond donors (Lipinski definition) is 2. The summed E-state index contributed by atoms with van der Waals surface area (Å²) in [6.07, 6.45) is 0. The molecule has 1 aromatic heterocycles. The van der Waals surface area contributed by atoms with Gasteiger partial charge in [-0.05, 0) is 80.9 Å². The molecule has 6 nitrogen and oxygen atoms in total. The molecule has 0 radical (unpaired) electrons. The summed E-state index contributed by atoms with van der Waals surface area (Å²) in [4.78, 5) is 12.3. The second-order valence-corrected chi connectivity index (χ2v) is 6.69. The molecule has 3 rings (SSSR count). The minimum atomic E-state index is -0.247. The summed E-state index contributed by atoms with van der Waals surface area (Å²) in [5.41, 5.74) is 5.05. The van der Waals surface area contributed by atoms with Crippen molar-refractivity contribution >= 4 is 11.7 Å². The van der Waals surface area contributed by atoms with Crippen molar-refractivity contribution in [2.75, 3.05) is 19.0 Å². The van der Waals surface area contributed by atoms with Crippen molar-refractivity contribution in [2.45, 2.75) is 27.3 Å². The number of nitrogens with zero attached hydrogens (tertiary/aromatic N) is 1. The molecule has 1 heterocycles. The van der Waals surface area contributed by atoms with Crippen molar-refractivity contribution in [3.63, 3.8) is 0 Å². The van der Waals surface area contributed by atoms with Crippen LogP contribution in [0.3, 0.4) is 0 Å². The Bertz CT molecular complexity index is 960. The molecule has 3 aromatic rings. The van der Waals surface area contributed by atoms with E-state index >= 15 is 0 Å². The molecular weight excluding hydrogens is 366 g/mol. The predicted molar refractivity (Wildman–Crippen MR) is 115 cm³/mol. The molecule has 0 aliphatic heterocycles. The van der Waals surface area contributed by atoms with Gasteiger partial charge in [0.25, 0.3) is 0 Å². The van der Waals surface area contributed by atoms with Crippen molar-refractivity contribution < 1.29 is 14.3 Å². The lowest BCUT2D eigenvalue weighted by Crippen LogP contribution is -2.28. The van der Waals surface area contributed by atoms with E-state index in [9.17, 15) is 4.79 Å². The molecule has 0 saturated heterocycles. The largest absolute Gasteiger partial charge is 0.497 e. The third-order valence-electron chi connectivity index (χ3n) is 4.73. The molecule has 0 unspecified atom stereocenters. The van der Waals surface area contributed by atoms with Crippen LogP contribution >= 0.6 is 0 Å². The first-order valence-corrected chi connectivity index (χ1v) is 9.61. The van der Waals surface area contributed by atoms with Crippen LogP contribution in [-0.4, -0.2) is 24.3 Å². The lowest BCUT2D eigenvalue weighted by Gasteiger charge is -2.11. The molecule has 6 heteroatoms. The number of carbonyl (C=O) groups is 1. The smallest absolute Gasteiger partial charge is 0.319 e. The van der Waals surface area contributed by atoms with E-state index in [4.69, 9.17) is 9.47 Å². The zero-order valence-electron chi connectivity index (χ0n) is 17.3. The number of carbonyl (C=O) groups excluding carboxylic acids is 1. The molecule has 2 amide bonds. The summed E-state index contributed by atoms with van der Waals surface area (Å²) in [6, 6.07) is 17.1. The molecule has 2 N–H and O–H groups in total. The van der Waals surface area contributed by atoms with Crippen molar-refractivity contribution in [2.24, 2.45) is 0 Å². The van der Waals surface area contributed by atoms with Crippen molar-refractivity contribution in [1.82, 2.24) is 9.88 Å². The number of anilines is 1. The van der Waals surface area contributed by atoms with Gasteiger partial charge in [-0.15, -0.1) is 0 Å². The van der Waals surface area contributed by atoms with E-state index in [-0.39, 0.29) is 6.03 Å². The number of nitrogens with one attached hydrogen (secondary N) is 2. The summed E-state index contributed by atoms with van der Waals surface area (Å²) < 4.78 is 12.8. The number of aromatic nitrogens is 1. The fourth-order valence-electron chi connectivity index (χ4n) is 3.29. The Morgan fingerprint density at radius 3 is 2.28 bits per heavy atom. The van der Waals surface area contributed by atoms with Gasteiger partial charge in [0.1, 0.15) is 11.5 Å². The Hall–Kier alpha value is -3.41. The van der Waals surface area contributed by atoms with Crippen LogP contribution in [0.5, 0.6) is 11.5 Å². The number of ether oxygens (including phenoxy) is 2. The molecule has 0 bridgehead atoms. The van der Waals surface area contributed by atoms with Gasteiger partial charge in [-0.2, -0.15) is 0 Å². The van der Waals surface area contributed by atoms with Gasteiger partial charge in [-0.1, -0.05) is 0 Å². The minimum Gasteiger partial charge on any atom is -0.497 e. The summed E-state index contributed by atoms with van der Waals surface area (Å²) in [5, 5.41) is 5.76. The first kappa shape index (κ1) is 20.3. The van der Waals surface area contributed by atoms with Crippen LogP contribution in [0.2, 0.25) is 0 Å². The number of hydrogen-bond acceptors (Lipinski definition) is 3. The highest BCUT2D eigenvalue weighted by atomic mass is 16.5. The Morgan fingerprint density at radius 2 is 1.66 bits per heavy atom. The van der Waals surface area contributed by atoms with E-state index in [0.717, 1.165) is 39.8 Å². The monoisotopic (exact) mass is 393 g/mol. The normalized spacial score (nSPS) is 10.5. The quantitative estimate of drug-likeness (QED) is 0.605. The highest BCUT2D eigenvalue weighted by Gasteiger charge is 2.12. The van der Waals surface area contributed by atoms with Gasteiger partial charge >= 0.3 is 6.03 Å². The Labute approximate surface area is 171 Å². The maximum atomic E-state index is 12.3. The topological polar surface area (TPSA) is 64.5 Å². The van der Waals surface area contributed by atoms with Crippen LogP contribution in [0.4, 0.5) is 10.5 Å². The summed E-state index contributed by atoms with van der Waals surface area (Å²) in [6.45, 7) is 7.10. The summed E-state index contributed by atoms with van der Waals surface area (Å²) in [7, 11) is 1.66. The Balaban J connectivity index is 1.63. The molecule has 0 aliphatic carbocycles. The van der Waals surface area contributed by atoms with Crippen LogP contribution in [0.25, 0.3) is 5.69 Å². The van der Waals surface area contributed by atoms with E-state index in [1.165, 1.54) is 0 Å². The minimum absolute atomic E-state index is 0.247. The van der Waals surface area contributed by atoms with E-state index in [2.05, 4.69) is 35.1 Å². The SMILES string of the molecule is CCOc1ccc(NC(=O)NCc2cc(C)n(-c3ccc(OC)cc3)c2C)cc1. The fraction of sp³-hybridized carbons (Fsp3) is 0.261. The van der Waals surface area contributed by atoms with Crippen LogP contribution in [0, 0.1) is 13.8 Å². The van der Waals surface area contributed by atoms with E-state index in [1.54, 1.807) is 7.11 Å². The van der Waals surface area contributed by atoms with Crippen LogP contribution in [0.1, 0.15) is 23.9 Å². The number of rotatable bonds is 7. The zero-order valence-corrected chi connectivity index (χ0v) is 17.3. The van der Waals surface area contributed by atoms with Gasteiger partial charge in [0.15, 0.2) is 0 Å². The molecule has 152 valence electrons.